The summed E-state index contributed by atoms with van der Waals surface area (Å²) >= 11 is 10.3. The van der Waals surface area contributed by atoms with Crippen LogP contribution in [0.5, 0.6) is 0 Å². The lowest BCUT2D eigenvalue weighted by molar-refractivity contribution is 1.10. The fourth-order valence-corrected chi connectivity index (χ4v) is 10.7. The topological polar surface area (TPSA) is 0 Å². The third-order valence-electron chi connectivity index (χ3n) is 7.61. The smallest absolute Gasteiger partial charge is 0.0158 e. The molecule has 0 saturated heterocycles. The fourth-order valence-electron chi connectivity index (χ4n) is 6.01. The van der Waals surface area contributed by atoms with Crippen LogP contribution in [0.15, 0.2) is 54.8 Å². The van der Waals surface area contributed by atoms with Crippen LogP contribution in [0, 0.1) is 0 Å². The predicted octanol–water partition coefficient (Wildman–Crippen LogP) is 13.3. The Morgan fingerprint density at radius 3 is 0.650 bits per heavy atom. The van der Waals surface area contributed by atoms with Crippen LogP contribution in [0.1, 0.15) is 66.7 Å². The van der Waals surface area contributed by atoms with E-state index in [9.17, 15) is 0 Å². The molecule has 210 valence electrons. The molecule has 0 heterocycles. The Hall–Kier alpha value is -0.850. The summed E-state index contributed by atoms with van der Waals surface area (Å²) in [5.41, 5.74) is 0. The third-order valence-corrected chi connectivity index (χ3v) is 13.9. The van der Waals surface area contributed by atoms with Crippen LogP contribution in [0.2, 0.25) is 0 Å². The van der Waals surface area contributed by atoms with Gasteiger partial charge in [-0.3, -0.25) is 0 Å². The van der Waals surface area contributed by atoms with Gasteiger partial charge < -0.3 is 0 Å². The molecule has 0 aliphatic carbocycles. The lowest BCUT2D eigenvalue weighted by atomic mass is 9.99. The maximum Gasteiger partial charge on any atom is 0.0158 e. The van der Waals surface area contributed by atoms with Gasteiger partial charge in [-0.25, -0.2) is 0 Å². The van der Waals surface area contributed by atoms with Gasteiger partial charge >= 0.3 is 0 Å². The number of hydrogen-bond acceptors (Lipinski definition) is 5. The lowest BCUT2D eigenvalue weighted by Crippen LogP contribution is -1.89. The van der Waals surface area contributed by atoms with Gasteiger partial charge in [-0.05, 0) is 145 Å². The van der Waals surface area contributed by atoms with Crippen LogP contribution in [0.25, 0.3) is 53.9 Å². The van der Waals surface area contributed by atoms with Crippen molar-refractivity contribution in [3.63, 3.8) is 0 Å². The summed E-state index contributed by atoms with van der Waals surface area (Å²) in [4.78, 5) is 7.40. The predicted molar refractivity (Wildman–Crippen MR) is 193 cm³/mol. The molecule has 6 rings (SSSR count). The second-order valence-electron chi connectivity index (χ2n) is 10.7. The van der Waals surface area contributed by atoms with E-state index in [4.69, 9.17) is 0 Å². The first-order chi connectivity index (χ1) is 19.7. The summed E-state index contributed by atoms with van der Waals surface area (Å²) in [6.45, 7) is 11.5. The summed E-state index contributed by atoms with van der Waals surface area (Å²) in [7, 11) is 0. The molecular weight excluding hydrogens is 581 g/mol. The molecular formula is C35H40S5. The number of thioether (sulfide) groups is 5. The third kappa shape index (κ3) is 4.94. The van der Waals surface area contributed by atoms with E-state index in [0.29, 0.717) is 0 Å². The maximum absolute atomic E-state index is 2.58. The zero-order chi connectivity index (χ0) is 27.8. The van der Waals surface area contributed by atoms with Crippen molar-refractivity contribution in [1.82, 2.24) is 0 Å². The molecule has 0 nitrogen and oxygen atoms in total. The molecule has 0 bridgehead atoms. The Morgan fingerprint density at radius 1 is 0.325 bits per heavy atom. The average Bonchev–Trinajstić information content (AvgIpc) is 3.34. The van der Waals surface area contributed by atoms with Gasteiger partial charge in [-0.2, -0.15) is 0 Å². The Morgan fingerprint density at radius 2 is 0.500 bits per heavy atom. The molecule has 0 spiro atoms. The standard InChI is InChI=1S/C35H40S5/c1-6-11-36-26-16-22-28(38-13-8-3)18-24-30(40-15-10-5)20-25-29(39-14-9-4)19-23-27(37-12-7-2)17-21(26)31-32(22)34(24)35(25)33(23)31/h16-20H,6-15H2,1-5H3. The Labute approximate surface area is 261 Å². The highest BCUT2D eigenvalue weighted by atomic mass is 32.2. The molecule has 0 aromatic heterocycles. The molecule has 6 aromatic carbocycles. The van der Waals surface area contributed by atoms with Gasteiger partial charge in [0.1, 0.15) is 0 Å². The molecule has 0 aliphatic heterocycles. The van der Waals surface area contributed by atoms with E-state index in [1.807, 2.05) is 0 Å². The van der Waals surface area contributed by atoms with Gasteiger partial charge in [0.15, 0.2) is 0 Å². The van der Waals surface area contributed by atoms with E-state index in [1.165, 1.54) is 112 Å². The van der Waals surface area contributed by atoms with Crippen LogP contribution in [-0.4, -0.2) is 28.8 Å². The van der Waals surface area contributed by atoms with E-state index in [0.717, 1.165) is 0 Å². The molecule has 0 saturated carbocycles. The summed E-state index contributed by atoms with van der Waals surface area (Å²) in [5, 5.41) is 15.2. The molecule has 0 amide bonds. The second kappa shape index (κ2) is 12.8. The largest absolute Gasteiger partial charge is 0.126 e. The van der Waals surface area contributed by atoms with Crippen molar-refractivity contribution in [2.75, 3.05) is 28.8 Å². The van der Waals surface area contributed by atoms with Crippen LogP contribution >= 0.6 is 58.8 Å². The van der Waals surface area contributed by atoms with Gasteiger partial charge in [0.25, 0.3) is 0 Å². The highest BCUT2D eigenvalue weighted by Crippen LogP contribution is 2.56. The molecule has 0 N–H and O–H groups in total. The first kappa shape index (κ1) is 29.2. The van der Waals surface area contributed by atoms with Gasteiger partial charge in [0.2, 0.25) is 0 Å². The van der Waals surface area contributed by atoms with E-state index < -0.39 is 0 Å². The Bertz CT molecular complexity index is 1410. The van der Waals surface area contributed by atoms with E-state index >= 15 is 0 Å². The van der Waals surface area contributed by atoms with Gasteiger partial charge in [0.05, 0.1) is 0 Å². The molecule has 40 heavy (non-hydrogen) atoms. The average molecular weight is 621 g/mol. The summed E-state index contributed by atoms with van der Waals surface area (Å²) < 4.78 is 0. The normalized spacial score (nSPS) is 12.6. The first-order valence-corrected chi connectivity index (χ1v) is 20.1. The van der Waals surface area contributed by atoms with Crippen molar-refractivity contribution in [3.05, 3.63) is 30.3 Å². The number of benzene rings is 5. The van der Waals surface area contributed by atoms with Gasteiger partial charge in [-0.15, -0.1) is 58.8 Å². The van der Waals surface area contributed by atoms with Gasteiger partial charge in [0, 0.05) is 24.5 Å². The summed E-state index contributed by atoms with van der Waals surface area (Å²) in [6.07, 6.45) is 6.00. The lowest BCUT2D eigenvalue weighted by Gasteiger charge is -2.16. The van der Waals surface area contributed by atoms with Crippen molar-refractivity contribution in [3.8, 4) is 0 Å². The molecule has 0 aliphatic rings. The van der Waals surface area contributed by atoms with E-state index in [-0.39, 0.29) is 0 Å². The van der Waals surface area contributed by atoms with Gasteiger partial charge in [-0.1, -0.05) is 34.6 Å². The Kier molecular flexibility index (Phi) is 9.35. The summed E-state index contributed by atoms with van der Waals surface area (Å²) in [5.74, 6) is 5.85. The summed E-state index contributed by atoms with van der Waals surface area (Å²) in [6, 6.07) is 12.9. The molecule has 0 radical (unpaired) electrons. The molecule has 6 aromatic rings. The van der Waals surface area contributed by atoms with Crippen molar-refractivity contribution in [2.24, 2.45) is 0 Å². The highest BCUT2D eigenvalue weighted by molar-refractivity contribution is 8.00. The number of hydrogen-bond donors (Lipinski definition) is 0. The van der Waals surface area contributed by atoms with Crippen LogP contribution < -0.4 is 0 Å². The molecule has 0 atom stereocenters. The van der Waals surface area contributed by atoms with Crippen molar-refractivity contribution in [2.45, 2.75) is 91.2 Å². The SMILES string of the molecule is CCCSc1cc2c(SCCC)cc3c(SCCC)cc4c(SCCC)cc5c(SCCC)cc1c1c5c4c3c21. The fraction of sp³-hybridized carbons (Fsp3) is 0.429. The quantitative estimate of drug-likeness (QED) is 0.0825. The maximum atomic E-state index is 2.58. The van der Waals surface area contributed by atoms with E-state index in [1.54, 1.807) is 26.9 Å². The Balaban J connectivity index is 1.82. The zero-order valence-electron chi connectivity index (χ0n) is 24.5. The highest BCUT2D eigenvalue weighted by Gasteiger charge is 2.27. The molecule has 5 heteroatoms. The van der Waals surface area contributed by atoms with Crippen LogP contribution in [-0.2, 0) is 0 Å². The number of rotatable bonds is 15. The van der Waals surface area contributed by atoms with E-state index in [2.05, 4.69) is 124 Å². The van der Waals surface area contributed by atoms with Crippen LogP contribution in [0.3, 0.4) is 0 Å². The van der Waals surface area contributed by atoms with Crippen molar-refractivity contribution >= 4 is 113 Å². The minimum Gasteiger partial charge on any atom is -0.126 e. The first-order valence-electron chi connectivity index (χ1n) is 15.1. The zero-order valence-corrected chi connectivity index (χ0v) is 28.6. The minimum absolute atomic E-state index is 1.17. The van der Waals surface area contributed by atoms with Crippen molar-refractivity contribution in [1.29, 1.82) is 0 Å². The second-order valence-corrected chi connectivity index (χ2v) is 16.4. The molecule has 0 fully saturated rings. The van der Waals surface area contributed by atoms with Crippen molar-refractivity contribution < 1.29 is 0 Å². The van der Waals surface area contributed by atoms with Crippen LogP contribution in [0.4, 0.5) is 0 Å². The monoisotopic (exact) mass is 620 g/mol. The minimum atomic E-state index is 1.17. The molecule has 0 unspecified atom stereocenters.